The van der Waals surface area contributed by atoms with Gasteiger partial charge in [0.1, 0.15) is 0 Å². The van der Waals surface area contributed by atoms with Gasteiger partial charge in [0.05, 0.1) is 0 Å². The minimum atomic E-state index is -0.865. The third kappa shape index (κ3) is 7.48. The van der Waals surface area contributed by atoms with E-state index in [0.717, 1.165) is 19.3 Å². The topological polar surface area (TPSA) is 66.4 Å². The van der Waals surface area contributed by atoms with Crippen molar-refractivity contribution in [1.29, 1.82) is 0 Å². The van der Waals surface area contributed by atoms with Crippen LogP contribution in [0.25, 0.3) is 0 Å². The predicted molar refractivity (Wildman–Crippen MR) is 92.0 cm³/mol. The van der Waals surface area contributed by atoms with Crippen LogP contribution in [0.3, 0.4) is 0 Å². The average Bonchev–Trinajstić information content (AvgIpc) is 2.49. The number of allylic oxidation sites excluding steroid dienone is 6. The third-order valence-electron chi connectivity index (χ3n) is 3.70. The molecule has 0 unspecified atom stereocenters. The number of carbonyl (C=O) groups is 2. The Morgan fingerprint density at radius 3 is 2.91 bits per heavy atom. The van der Waals surface area contributed by atoms with E-state index in [1.165, 1.54) is 16.7 Å². The Balaban J connectivity index is 2.46. The van der Waals surface area contributed by atoms with Crippen molar-refractivity contribution in [3.05, 3.63) is 53.3 Å². The highest BCUT2D eigenvalue weighted by Crippen LogP contribution is 2.28. The Bertz CT molecular complexity index is 575. The van der Waals surface area contributed by atoms with E-state index in [1.54, 1.807) is 6.08 Å². The number of carboxylic acids is 1. The molecule has 0 saturated carbocycles. The zero-order valence-electron chi connectivity index (χ0n) is 13.7. The molecule has 0 aromatic rings. The van der Waals surface area contributed by atoms with Gasteiger partial charge in [-0.2, -0.15) is 0 Å². The zero-order chi connectivity index (χ0) is 17.1. The Morgan fingerprint density at radius 2 is 2.22 bits per heavy atom. The molecule has 4 nitrogen and oxygen atoms in total. The smallest absolute Gasteiger partial charge is 0.303 e. The second-order valence-electron chi connectivity index (χ2n) is 5.54. The molecular formula is C19H25NO3. The summed E-state index contributed by atoms with van der Waals surface area (Å²) in [5, 5.41) is 11.4. The summed E-state index contributed by atoms with van der Waals surface area (Å²) in [6.45, 7) is 6.24. The van der Waals surface area contributed by atoms with E-state index in [2.05, 4.69) is 36.7 Å². The second kappa shape index (κ2) is 10.4. The molecule has 1 amide bonds. The van der Waals surface area contributed by atoms with Crippen LogP contribution >= 0.6 is 0 Å². The zero-order valence-corrected chi connectivity index (χ0v) is 13.7. The van der Waals surface area contributed by atoms with Gasteiger partial charge in [-0.15, -0.1) is 5.73 Å². The van der Waals surface area contributed by atoms with Crippen LogP contribution in [0.15, 0.2) is 53.3 Å². The fourth-order valence-electron chi connectivity index (χ4n) is 2.51. The van der Waals surface area contributed by atoms with Gasteiger partial charge >= 0.3 is 5.97 Å². The highest BCUT2D eigenvalue weighted by atomic mass is 16.4. The van der Waals surface area contributed by atoms with Gasteiger partial charge in [-0.05, 0) is 49.8 Å². The Hall–Kier alpha value is -2.32. The maximum Gasteiger partial charge on any atom is 0.303 e. The number of nitrogens with one attached hydrogen (secondary N) is 1. The van der Waals surface area contributed by atoms with Gasteiger partial charge in [-0.1, -0.05) is 30.4 Å². The van der Waals surface area contributed by atoms with E-state index in [4.69, 9.17) is 5.11 Å². The number of aliphatic carboxylic acids is 1. The number of carbonyl (C=O) groups excluding carboxylic acids is 1. The summed E-state index contributed by atoms with van der Waals surface area (Å²) >= 11 is 0. The minimum Gasteiger partial charge on any atom is -0.481 e. The number of amides is 1. The lowest BCUT2D eigenvalue weighted by Crippen LogP contribution is -2.24. The van der Waals surface area contributed by atoms with Crippen LogP contribution in [0.2, 0.25) is 0 Å². The van der Waals surface area contributed by atoms with Gasteiger partial charge in [0, 0.05) is 19.4 Å². The molecular weight excluding hydrogens is 290 g/mol. The summed E-state index contributed by atoms with van der Waals surface area (Å²) < 4.78 is 0. The van der Waals surface area contributed by atoms with Gasteiger partial charge < -0.3 is 10.4 Å². The van der Waals surface area contributed by atoms with Gasteiger partial charge in [-0.25, -0.2) is 0 Å². The van der Waals surface area contributed by atoms with Crippen molar-refractivity contribution in [2.75, 3.05) is 6.54 Å². The normalized spacial score (nSPS) is 14.4. The standard InChI is InChI=1S/C19H25NO3/c1-3-4-5-10-17-15(2)8-6-9-16(17)13-14-20-18(21)11-7-12-19(22)23/h4-5,9-10H,1,6-8,11-14H2,2H3,(H,20,21)(H,22,23). The molecule has 124 valence electrons. The molecule has 0 aromatic carbocycles. The first kappa shape index (κ1) is 18.7. The number of hydrogen-bond acceptors (Lipinski definition) is 2. The summed E-state index contributed by atoms with van der Waals surface area (Å²) in [4.78, 5) is 22.1. The fourth-order valence-corrected chi connectivity index (χ4v) is 2.51. The minimum absolute atomic E-state index is 0.0340. The molecule has 0 heterocycles. The molecule has 1 aliphatic carbocycles. The molecule has 0 bridgehead atoms. The van der Waals surface area contributed by atoms with Crippen molar-refractivity contribution < 1.29 is 14.7 Å². The third-order valence-corrected chi connectivity index (χ3v) is 3.70. The summed E-state index contributed by atoms with van der Waals surface area (Å²) in [7, 11) is 0. The van der Waals surface area contributed by atoms with Gasteiger partial charge in [-0.3, -0.25) is 9.59 Å². The molecule has 1 rings (SSSR count). The van der Waals surface area contributed by atoms with E-state index in [1.807, 2.05) is 6.08 Å². The molecule has 0 radical (unpaired) electrons. The van der Waals surface area contributed by atoms with Crippen molar-refractivity contribution in [2.45, 2.75) is 45.4 Å². The van der Waals surface area contributed by atoms with Crippen LogP contribution in [0.1, 0.15) is 45.4 Å². The van der Waals surface area contributed by atoms with E-state index in [-0.39, 0.29) is 18.7 Å². The molecule has 4 heteroatoms. The lowest BCUT2D eigenvalue weighted by molar-refractivity contribution is -0.137. The number of rotatable bonds is 9. The molecule has 1 aliphatic rings. The summed E-state index contributed by atoms with van der Waals surface area (Å²) in [6.07, 6.45) is 11.5. The van der Waals surface area contributed by atoms with Crippen LogP contribution in [0, 0.1) is 0 Å². The van der Waals surface area contributed by atoms with Crippen LogP contribution in [0.4, 0.5) is 0 Å². The van der Waals surface area contributed by atoms with Crippen LogP contribution < -0.4 is 5.32 Å². The maximum atomic E-state index is 11.7. The van der Waals surface area contributed by atoms with Gasteiger partial charge in [0.2, 0.25) is 5.91 Å². The highest BCUT2D eigenvalue weighted by molar-refractivity contribution is 5.76. The molecule has 0 fully saturated rings. The van der Waals surface area contributed by atoms with Crippen LogP contribution in [-0.2, 0) is 9.59 Å². The first-order valence-electron chi connectivity index (χ1n) is 7.94. The summed E-state index contributed by atoms with van der Waals surface area (Å²) in [5.74, 6) is -0.953. The maximum absolute atomic E-state index is 11.7. The van der Waals surface area contributed by atoms with Crippen molar-refractivity contribution in [3.63, 3.8) is 0 Å². The number of carboxylic acid groups (broad SMARTS) is 1. The Morgan fingerprint density at radius 1 is 1.43 bits per heavy atom. The number of hydrogen-bond donors (Lipinski definition) is 2. The summed E-state index contributed by atoms with van der Waals surface area (Å²) in [5.41, 5.74) is 6.54. The van der Waals surface area contributed by atoms with Crippen LogP contribution in [-0.4, -0.2) is 23.5 Å². The van der Waals surface area contributed by atoms with Crippen molar-refractivity contribution in [3.8, 4) is 0 Å². The Labute approximate surface area is 138 Å². The van der Waals surface area contributed by atoms with Crippen molar-refractivity contribution in [2.24, 2.45) is 0 Å². The SMILES string of the molecule is C=C=CC=CC1=C(C)CCC=C1CCNC(=O)CCCC(=O)O. The lowest BCUT2D eigenvalue weighted by Gasteiger charge is -2.18. The average molecular weight is 315 g/mol. The monoisotopic (exact) mass is 315 g/mol. The quantitative estimate of drug-likeness (QED) is 0.504. The molecule has 0 aromatic heterocycles. The van der Waals surface area contributed by atoms with E-state index < -0.39 is 5.97 Å². The highest BCUT2D eigenvalue weighted by Gasteiger charge is 2.11. The molecule has 0 atom stereocenters. The predicted octanol–water partition coefficient (Wildman–Crippen LogP) is 3.68. The lowest BCUT2D eigenvalue weighted by atomic mass is 9.89. The molecule has 0 spiro atoms. The Kier molecular flexibility index (Phi) is 8.48. The van der Waals surface area contributed by atoms with E-state index in [0.29, 0.717) is 13.0 Å². The van der Waals surface area contributed by atoms with Gasteiger partial charge in [0.25, 0.3) is 0 Å². The first-order chi connectivity index (χ1) is 11.0. The second-order valence-corrected chi connectivity index (χ2v) is 5.54. The van der Waals surface area contributed by atoms with Crippen molar-refractivity contribution >= 4 is 11.9 Å². The first-order valence-corrected chi connectivity index (χ1v) is 7.94. The van der Waals surface area contributed by atoms with E-state index >= 15 is 0 Å². The van der Waals surface area contributed by atoms with E-state index in [9.17, 15) is 9.59 Å². The summed E-state index contributed by atoms with van der Waals surface area (Å²) in [6, 6.07) is 0. The largest absolute Gasteiger partial charge is 0.481 e. The molecule has 2 N–H and O–H groups in total. The van der Waals surface area contributed by atoms with Crippen LogP contribution in [0.5, 0.6) is 0 Å². The molecule has 0 saturated heterocycles. The molecule has 23 heavy (non-hydrogen) atoms. The fraction of sp³-hybridized carbons (Fsp3) is 0.421. The van der Waals surface area contributed by atoms with Crippen molar-refractivity contribution in [1.82, 2.24) is 5.32 Å². The molecule has 0 aliphatic heterocycles. The van der Waals surface area contributed by atoms with Gasteiger partial charge in [0.15, 0.2) is 0 Å².